The fourth-order valence-electron chi connectivity index (χ4n) is 7.08. The van der Waals surface area contributed by atoms with Gasteiger partial charge in [-0.1, -0.05) is 81.3 Å². The molecule has 1 spiro atoms. The summed E-state index contributed by atoms with van der Waals surface area (Å²) in [6.07, 6.45) is 10.1. The largest absolute Gasteiger partial charge is 0.401 e. The number of ketones is 1. The molecule has 34 heavy (non-hydrogen) atoms. The SMILES string of the molecule is CC1=CC2C(=O)C3(C=C(C)C(N(N)/C=C(\N)CCc4ccccc4)C3C1)[C@H](C)CC(C)C2(C)C. The molecular formula is C30H43N3O. The maximum Gasteiger partial charge on any atom is 0.150 e. The van der Waals surface area contributed by atoms with E-state index in [0.717, 1.165) is 31.4 Å². The number of carbonyl (C=O) groups is 1. The number of nitrogens with two attached hydrogens (primary N) is 2. The number of carbonyl (C=O) groups excluding carboxylic acids is 1. The van der Waals surface area contributed by atoms with Crippen molar-refractivity contribution in [1.82, 2.24) is 5.01 Å². The van der Waals surface area contributed by atoms with E-state index < -0.39 is 5.41 Å². The van der Waals surface area contributed by atoms with Gasteiger partial charge in [0.05, 0.1) is 11.5 Å². The Morgan fingerprint density at radius 3 is 2.50 bits per heavy atom. The highest BCUT2D eigenvalue weighted by molar-refractivity contribution is 5.93. The molecule has 2 bridgehead atoms. The third-order valence-corrected chi connectivity index (χ3v) is 9.41. The zero-order chi connectivity index (χ0) is 24.8. The van der Waals surface area contributed by atoms with Crippen LogP contribution in [0, 0.1) is 34.5 Å². The van der Waals surface area contributed by atoms with Gasteiger partial charge < -0.3 is 10.7 Å². The predicted molar refractivity (Wildman–Crippen MR) is 140 cm³/mol. The molecule has 4 nitrogen and oxygen atoms in total. The second-order valence-corrected chi connectivity index (χ2v) is 11.9. The highest BCUT2D eigenvalue weighted by Crippen LogP contribution is 2.60. The number of hydrogen-bond donors (Lipinski definition) is 2. The molecule has 1 fully saturated rings. The number of benzene rings is 1. The minimum Gasteiger partial charge on any atom is -0.401 e. The molecule has 0 heterocycles. The number of nitrogens with zero attached hydrogens (tertiary/aromatic N) is 1. The van der Waals surface area contributed by atoms with Crippen LogP contribution in [-0.4, -0.2) is 16.8 Å². The highest BCUT2D eigenvalue weighted by Gasteiger charge is 2.61. The number of allylic oxidation sites excluding steroid dienone is 4. The topological polar surface area (TPSA) is 72.3 Å². The fourth-order valence-corrected chi connectivity index (χ4v) is 7.08. The summed E-state index contributed by atoms with van der Waals surface area (Å²) in [7, 11) is 0. The first-order valence-corrected chi connectivity index (χ1v) is 12.9. The summed E-state index contributed by atoms with van der Waals surface area (Å²) in [6.45, 7) is 13.5. The summed E-state index contributed by atoms with van der Waals surface area (Å²) in [4.78, 5) is 14.4. The molecule has 3 aliphatic carbocycles. The van der Waals surface area contributed by atoms with Crippen LogP contribution in [0.2, 0.25) is 0 Å². The first-order chi connectivity index (χ1) is 16.0. The molecule has 1 saturated carbocycles. The number of fused-ring (bicyclic) bond motifs is 1. The third kappa shape index (κ3) is 4.04. The van der Waals surface area contributed by atoms with Crippen molar-refractivity contribution in [3.05, 3.63) is 71.1 Å². The molecule has 4 heteroatoms. The Bertz CT molecular complexity index is 1020. The standard InChI is InChI=1S/C30H43N3O/c1-19-14-25-27(33(32)18-24(31)13-12-23-10-8-7-9-11-23)20(2)17-30(25)22(4)16-21(3)29(5,6)26(15-19)28(30)34/h7-11,15,17-18,21-22,25-27H,12-14,16,31-32H2,1-6H3/b24-18-/t21?,22-,25?,26?,27?,30?/m1/s1. The van der Waals surface area contributed by atoms with Crippen molar-refractivity contribution in [1.29, 1.82) is 0 Å². The zero-order valence-electron chi connectivity index (χ0n) is 21.8. The summed E-state index contributed by atoms with van der Waals surface area (Å²) in [5, 5.41) is 1.80. The minimum atomic E-state index is -0.472. The van der Waals surface area contributed by atoms with Gasteiger partial charge in [-0.05, 0) is 62.3 Å². The number of rotatable bonds is 5. The van der Waals surface area contributed by atoms with Gasteiger partial charge in [0.1, 0.15) is 0 Å². The Morgan fingerprint density at radius 2 is 1.82 bits per heavy atom. The summed E-state index contributed by atoms with van der Waals surface area (Å²) in [5.74, 6) is 7.93. The molecule has 4 rings (SSSR count). The molecule has 3 aliphatic rings. The van der Waals surface area contributed by atoms with E-state index in [4.69, 9.17) is 11.6 Å². The monoisotopic (exact) mass is 461 g/mol. The Kier molecular flexibility index (Phi) is 6.58. The van der Waals surface area contributed by atoms with Crippen molar-refractivity contribution in [2.75, 3.05) is 0 Å². The molecule has 5 unspecified atom stereocenters. The lowest BCUT2D eigenvalue weighted by molar-refractivity contribution is -0.135. The molecule has 0 aromatic heterocycles. The van der Waals surface area contributed by atoms with Gasteiger partial charge >= 0.3 is 0 Å². The molecule has 0 aliphatic heterocycles. The van der Waals surface area contributed by atoms with Crippen molar-refractivity contribution in [2.24, 2.45) is 46.1 Å². The molecule has 1 aromatic carbocycles. The van der Waals surface area contributed by atoms with E-state index in [2.05, 4.69) is 78.0 Å². The summed E-state index contributed by atoms with van der Waals surface area (Å²) < 4.78 is 0. The van der Waals surface area contributed by atoms with Crippen LogP contribution < -0.4 is 11.6 Å². The Labute approximate surface area is 206 Å². The van der Waals surface area contributed by atoms with E-state index in [-0.39, 0.29) is 29.2 Å². The average Bonchev–Trinajstić information content (AvgIpc) is 3.00. The van der Waals surface area contributed by atoms with Crippen LogP contribution in [0.5, 0.6) is 0 Å². The average molecular weight is 462 g/mol. The van der Waals surface area contributed by atoms with Crippen LogP contribution in [0.1, 0.15) is 66.4 Å². The number of hydrazine groups is 1. The summed E-state index contributed by atoms with van der Waals surface area (Å²) in [5.41, 5.74) is 10.4. The zero-order valence-corrected chi connectivity index (χ0v) is 21.8. The number of aryl methyl sites for hydroxylation is 1. The molecular weight excluding hydrogens is 418 g/mol. The van der Waals surface area contributed by atoms with E-state index in [9.17, 15) is 4.79 Å². The molecule has 0 saturated heterocycles. The van der Waals surface area contributed by atoms with E-state index in [1.165, 1.54) is 16.7 Å². The van der Waals surface area contributed by atoms with Crippen LogP contribution in [0.4, 0.5) is 0 Å². The van der Waals surface area contributed by atoms with Crippen LogP contribution in [0.15, 0.2) is 65.5 Å². The van der Waals surface area contributed by atoms with Crippen LogP contribution in [-0.2, 0) is 11.2 Å². The van der Waals surface area contributed by atoms with Gasteiger partial charge in [0.25, 0.3) is 0 Å². The van der Waals surface area contributed by atoms with Gasteiger partial charge in [-0.3, -0.25) is 4.79 Å². The first-order valence-electron chi connectivity index (χ1n) is 12.9. The molecule has 0 radical (unpaired) electrons. The molecule has 1 aromatic rings. The van der Waals surface area contributed by atoms with Crippen LogP contribution >= 0.6 is 0 Å². The number of Topliss-reactive ketones (excluding diaryl/α,β-unsaturated/α-hetero) is 1. The second-order valence-electron chi connectivity index (χ2n) is 11.9. The van der Waals surface area contributed by atoms with Crippen molar-refractivity contribution >= 4 is 5.78 Å². The van der Waals surface area contributed by atoms with E-state index >= 15 is 0 Å². The van der Waals surface area contributed by atoms with Crippen molar-refractivity contribution < 1.29 is 4.79 Å². The van der Waals surface area contributed by atoms with Gasteiger partial charge in [0, 0.05) is 23.7 Å². The van der Waals surface area contributed by atoms with Gasteiger partial charge in [-0.2, -0.15) is 0 Å². The Morgan fingerprint density at radius 1 is 1.15 bits per heavy atom. The smallest absolute Gasteiger partial charge is 0.150 e. The van der Waals surface area contributed by atoms with Crippen molar-refractivity contribution in [3.8, 4) is 0 Å². The maximum atomic E-state index is 14.4. The lowest BCUT2D eigenvalue weighted by Gasteiger charge is -2.42. The normalized spacial score (nSPS) is 35.1. The Balaban J connectivity index is 1.65. The molecule has 184 valence electrons. The Hall–Kier alpha value is -2.33. The maximum absolute atomic E-state index is 14.4. The van der Waals surface area contributed by atoms with Gasteiger partial charge in [-0.15, -0.1) is 0 Å². The predicted octanol–water partition coefficient (Wildman–Crippen LogP) is 5.76. The minimum absolute atomic E-state index is 0.0275. The molecule has 6 atom stereocenters. The highest BCUT2D eigenvalue weighted by atomic mass is 16.1. The van der Waals surface area contributed by atoms with Crippen molar-refractivity contribution in [2.45, 2.75) is 73.3 Å². The van der Waals surface area contributed by atoms with Crippen LogP contribution in [0.3, 0.4) is 0 Å². The van der Waals surface area contributed by atoms with Gasteiger partial charge in [-0.25, -0.2) is 5.84 Å². The second kappa shape index (κ2) is 9.03. The summed E-state index contributed by atoms with van der Waals surface area (Å²) >= 11 is 0. The molecule has 0 amide bonds. The van der Waals surface area contributed by atoms with E-state index in [0.29, 0.717) is 11.7 Å². The number of hydrogen-bond acceptors (Lipinski definition) is 4. The lowest BCUT2D eigenvalue weighted by Crippen LogP contribution is -2.50. The quantitative estimate of drug-likeness (QED) is 0.332. The summed E-state index contributed by atoms with van der Waals surface area (Å²) in [6, 6.07) is 10.4. The first kappa shape index (κ1) is 24.8. The van der Waals surface area contributed by atoms with Gasteiger partial charge in [0.2, 0.25) is 0 Å². The third-order valence-electron chi connectivity index (χ3n) is 9.41. The van der Waals surface area contributed by atoms with Gasteiger partial charge in [0.15, 0.2) is 5.78 Å². The lowest BCUT2D eigenvalue weighted by atomic mass is 9.62. The van der Waals surface area contributed by atoms with Crippen LogP contribution in [0.25, 0.3) is 0 Å². The molecule has 4 N–H and O–H groups in total. The van der Waals surface area contributed by atoms with E-state index in [1.807, 2.05) is 12.3 Å². The van der Waals surface area contributed by atoms with E-state index in [1.54, 1.807) is 5.01 Å². The van der Waals surface area contributed by atoms with Crippen molar-refractivity contribution in [3.63, 3.8) is 0 Å². The fraction of sp³-hybridized carbons (Fsp3) is 0.567.